The van der Waals surface area contributed by atoms with Gasteiger partial charge in [-0.2, -0.15) is 0 Å². The monoisotopic (exact) mass is 319 g/mol. The van der Waals surface area contributed by atoms with E-state index in [4.69, 9.17) is 28.8 Å². The Balaban J connectivity index is 1.71. The van der Waals surface area contributed by atoms with Gasteiger partial charge in [-0.15, -0.1) is 0 Å². The molecule has 1 N–H and O–H groups in total. The second-order valence-corrected chi connectivity index (χ2v) is 5.89. The average Bonchev–Trinajstić information content (AvgIpc) is 2.48. The number of rotatable bonds is 2. The highest BCUT2D eigenvalue weighted by atomic mass is 16.6. The number of ether oxygens (including phenoxy) is 5. The fraction of sp³-hybridized carbons (Fsp3) is 1.00. The quantitative estimate of drug-likeness (QED) is 0.727. The molecule has 2 fully saturated rings. The molecule has 2 saturated heterocycles. The van der Waals surface area contributed by atoms with Gasteiger partial charge in [0, 0.05) is 19.6 Å². The summed E-state index contributed by atoms with van der Waals surface area (Å²) in [6.07, 6.45) is 0. The van der Waals surface area contributed by atoms with Crippen LogP contribution in [-0.2, 0) is 23.7 Å². The van der Waals surface area contributed by atoms with Crippen molar-refractivity contribution in [3.05, 3.63) is 0 Å². The maximum absolute atomic E-state index is 9.06. The maximum atomic E-state index is 9.06. The molecule has 0 aromatic heterocycles. The Morgan fingerprint density at radius 1 is 0.682 bits per heavy atom. The predicted octanol–water partition coefficient (Wildman–Crippen LogP) is -0.623. The Bertz CT molecular complexity index is 267. The van der Waals surface area contributed by atoms with Crippen LogP contribution >= 0.6 is 0 Å². The lowest BCUT2D eigenvalue weighted by molar-refractivity contribution is -0.181. The summed E-state index contributed by atoms with van der Waals surface area (Å²) >= 11 is 0. The molecule has 7 heteroatoms. The number of aliphatic hydroxyl groups is 1. The molecule has 0 aromatic rings. The first-order valence-electron chi connectivity index (χ1n) is 8.07. The van der Waals surface area contributed by atoms with E-state index in [1.54, 1.807) is 0 Å². The van der Waals surface area contributed by atoms with Gasteiger partial charge in [-0.25, -0.2) is 0 Å². The molecule has 0 unspecified atom stereocenters. The van der Waals surface area contributed by atoms with Crippen molar-refractivity contribution in [2.75, 3.05) is 92.3 Å². The smallest absolute Gasteiger partial charge is 0.0701 e. The van der Waals surface area contributed by atoms with Crippen molar-refractivity contribution in [1.29, 1.82) is 0 Å². The molecule has 2 rings (SSSR count). The number of nitrogens with zero attached hydrogens (tertiary/aromatic N) is 1. The minimum atomic E-state index is 0.00892. The summed E-state index contributed by atoms with van der Waals surface area (Å²) in [4.78, 5) is 2.13. The van der Waals surface area contributed by atoms with Crippen LogP contribution in [0.25, 0.3) is 0 Å². The molecule has 0 aliphatic carbocycles. The van der Waals surface area contributed by atoms with E-state index in [-0.39, 0.29) is 12.0 Å². The van der Waals surface area contributed by atoms with Crippen molar-refractivity contribution in [1.82, 2.24) is 4.90 Å². The second-order valence-electron chi connectivity index (χ2n) is 5.89. The van der Waals surface area contributed by atoms with Gasteiger partial charge in [0.1, 0.15) is 0 Å². The molecule has 7 nitrogen and oxygen atoms in total. The molecular formula is C15H29NO6. The molecule has 2 aliphatic heterocycles. The third kappa shape index (κ3) is 6.45. The van der Waals surface area contributed by atoms with E-state index in [0.717, 1.165) is 13.1 Å². The molecule has 0 saturated carbocycles. The molecular weight excluding hydrogens is 290 g/mol. The van der Waals surface area contributed by atoms with Crippen molar-refractivity contribution in [3.8, 4) is 0 Å². The minimum absolute atomic E-state index is 0.00892. The molecule has 130 valence electrons. The lowest BCUT2D eigenvalue weighted by Crippen LogP contribution is -2.50. The van der Waals surface area contributed by atoms with Crippen molar-refractivity contribution >= 4 is 0 Å². The first-order chi connectivity index (χ1) is 10.8. The third-order valence-electron chi connectivity index (χ3n) is 3.90. The predicted molar refractivity (Wildman–Crippen MR) is 80.1 cm³/mol. The summed E-state index contributed by atoms with van der Waals surface area (Å²) in [6.45, 7) is 8.69. The van der Waals surface area contributed by atoms with Crippen molar-refractivity contribution in [2.45, 2.75) is 0 Å². The summed E-state index contributed by atoms with van der Waals surface area (Å²) in [7, 11) is 0. The van der Waals surface area contributed by atoms with Gasteiger partial charge in [-0.3, -0.25) is 4.90 Å². The third-order valence-corrected chi connectivity index (χ3v) is 3.90. The van der Waals surface area contributed by atoms with Crippen LogP contribution in [0.5, 0.6) is 0 Å². The van der Waals surface area contributed by atoms with E-state index >= 15 is 0 Å². The molecule has 0 atom stereocenters. The standard InChI is InChI=1S/C15H29NO6/c17-4-1-16-2-5-18-7-9-20-11-15(13-22-14-15)12-21-10-8-19-6-3-16/h17H,1-14H2. The average molecular weight is 319 g/mol. The lowest BCUT2D eigenvalue weighted by Gasteiger charge is -2.40. The summed E-state index contributed by atoms with van der Waals surface area (Å²) in [6, 6.07) is 0. The van der Waals surface area contributed by atoms with Crippen LogP contribution in [0.2, 0.25) is 0 Å². The molecule has 0 amide bonds. The fourth-order valence-electron chi connectivity index (χ4n) is 2.48. The molecule has 1 spiro atoms. The number of hydrogen-bond donors (Lipinski definition) is 1. The van der Waals surface area contributed by atoms with E-state index in [9.17, 15) is 0 Å². The topological polar surface area (TPSA) is 69.6 Å². The van der Waals surface area contributed by atoms with Crippen LogP contribution in [0.1, 0.15) is 0 Å². The van der Waals surface area contributed by atoms with Gasteiger partial charge in [0.2, 0.25) is 0 Å². The Hall–Kier alpha value is -0.280. The Morgan fingerprint density at radius 3 is 1.64 bits per heavy atom. The van der Waals surface area contributed by atoms with Crippen LogP contribution in [-0.4, -0.2) is 102 Å². The molecule has 2 aliphatic rings. The van der Waals surface area contributed by atoms with Gasteiger partial charge in [-0.1, -0.05) is 0 Å². The Labute approximate surface area is 132 Å². The lowest BCUT2D eigenvalue weighted by atomic mass is 9.88. The Kier molecular flexibility index (Phi) is 8.61. The van der Waals surface area contributed by atoms with Gasteiger partial charge in [0.25, 0.3) is 0 Å². The first-order valence-corrected chi connectivity index (χ1v) is 8.07. The van der Waals surface area contributed by atoms with E-state index in [0.29, 0.717) is 72.6 Å². The van der Waals surface area contributed by atoms with Crippen molar-refractivity contribution in [3.63, 3.8) is 0 Å². The molecule has 22 heavy (non-hydrogen) atoms. The number of hydrogen-bond acceptors (Lipinski definition) is 7. The highest BCUT2D eigenvalue weighted by Gasteiger charge is 2.39. The van der Waals surface area contributed by atoms with Crippen molar-refractivity contribution < 1.29 is 28.8 Å². The van der Waals surface area contributed by atoms with E-state index < -0.39 is 0 Å². The summed E-state index contributed by atoms with van der Waals surface area (Å²) in [5.41, 5.74) is 0.00892. The maximum Gasteiger partial charge on any atom is 0.0701 e. The van der Waals surface area contributed by atoms with Gasteiger partial charge in [0.15, 0.2) is 0 Å². The van der Waals surface area contributed by atoms with Gasteiger partial charge in [0.05, 0.1) is 78.1 Å². The number of β-amino-alcohol motifs (C(OH)–C–C–N with tert-alkyl or cyclic N) is 1. The van der Waals surface area contributed by atoms with Crippen LogP contribution in [0.4, 0.5) is 0 Å². The van der Waals surface area contributed by atoms with Crippen LogP contribution < -0.4 is 0 Å². The Morgan fingerprint density at radius 2 is 1.18 bits per heavy atom. The van der Waals surface area contributed by atoms with E-state index in [1.165, 1.54) is 0 Å². The second kappa shape index (κ2) is 10.5. The molecule has 0 bridgehead atoms. The highest BCUT2D eigenvalue weighted by molar-refractivity contribution is 4.85. The fourth-order valence-corrected chi connectivity index (χ4v) is 2.48. The van der Waals surface area contributed by atoms with E-state index in [2.05, 4.69) is 4.90 Å². The van der Waals surface area contributed by atoms with Crippen molar-refractivity contribution in [2.24, 2.45) is 5.41 Å². The summed E-state index contributed by atoms with van der Waals surface area (Å²) in [5, 5.41) is 9.06. The normalized spacial score (nSPS) is 26.6. The summed E-state index contributed by atoms with van der Waals surface area (Å²) < 4.78 is 27.9. The van der Waals surface area contributed by atoms with Gasteiger partial charge >= 0.3 is 0 Å². The minimum Gasteiger partial charge on any atom is -0.395 e. The largest absolute Gasteiger partial charge is 0.395 e. The van der Waals surface area contributed by atoms with Gasteiger partial charge < -0.3 is 28.8 Å². The van der Waals surface area contributed by atoms with Crippen LogP contribution in [0.15, 0.2) is 0 Å². The zero-order valence-corrected chi connectivity index (χ0v) is 13.3. The molecule has 2 heterocycles. The van der Waals surface area contributed by atoms with Gasteiger partial charge in [-0.05, 0) is 0 Å². The van der Waals surface area contributed by atoms with Crippen LogP contribution in [0, 0.1) is 5.41 Å². The zero-order chi connectivity index (χ0) is 15.5. The molecule has 0 aromatic carbocycles. The van der Waals surface area contributed by atoms with E-state index in [1.807, 2.05) is 0 Å². The SMILES string of the molecule is OCCN1CCOCCOCC2(COCCOCC1)COC2. The molecule has 0 radical (unpaired) electrons. The first kappa shape index (κ1) is 18.1. The zero-order valence-electron chi connectivity index (χ0n) is 13.3. The number of aliphatic hydroxyl groups excluding tert-OH is 1. The highest BCUT2D eigenvalue weighted by Crippen LogP contribution is 2.28. The summed E-state index contributed by atoms with van der Waals surface area (Å²) in [5.74, 6) is 0. The van der Waals surface area contributed by atoms with Crippen LogP contribution in [0.3, 0.4) is 0 Å².